The second kappa shape index (κ2) is 16.1. The summed E-state index contributed by atoms with van der Waals surface area (Å²) in [6.45, 7) is 15.3. The highest BCUT2D eigenvalue weighted by atomic mass is 32.2. The summed E-state index contributed by atoms with van der Waals surface area (Å²) in [6.07, 6.45) is 16.4. The molecular formula is C30H49NO2S. The first kappa shape index (κ1) is 30.4. The zero-order chi connectivity index (χ0) is 25.6. The zero-order valence-electron chi connectivity index (χ0n) is 22.9. The molecule has 0 saturated heterocycles. The fourth-order valence-corrected chi connectivity index (χ4v) is 5.56. The highest BCUT2D eigenvalue weighted by Gasteiger charge is 2.28. The number of allylic oxidation sites excluding steroid dienone is 5. The molecule has 3 nitrogen and oxygen atoms in total. The lowest BCUT2D eigenvalue weighted by Crippen LogP contribution is -2.38. The Bertz CT molecular complexity index is 904. The molecule has 0 spiro atoms. The van der Waals surface area contributed by atoms with Crippen molar-refractivity contribution in [3.8, 4) is 0 Å². The van der Waals surface area contributed by atoms with Crippen LogP contribution in [0.4, 0.5) is 0 Å². The zero-order valence-corrected chi connectivity index (χ0v) is 23.7. The van der Waals surface area contributed by atoms with Gasteiger partial charge in [-0.25, -0.2) is 8.42 Å². The first-order valence-corrected chi connectivity index (χ1v) is 14.5. The van der Waals surface area contributed by atoms with Crippen molar-refractivity contribution < 1.29 is 8.42 Å². The third-order valence-corrected chi connectivity index (χ3v) is 8.33. The number of rotatable bonds is 16. The quantitative estimate of drug-likeness (QED) is 0.173. The van der Waals surface area contributed by atoms with Crippen LogP contribution >= 0.6 is 0 Å². The Morgan fingerprint density at radius 3 is 2.06 bits per heavy atom. The van der Waals surface area contributed by atoms with Crippen molar-refractivity contribution >= 4 is 10.0 Å². The number of sulfonamides is 1. The van der Waals surface area contributed by atoms with Gasteiger partial charge in [-0.3, -0.25) is 0 Å². The Morgan fingerprint density at radius 1 is 0.882 bits per heavy atom. The lowest BCUT2D eigenvalue weighted by molar-refractivity contribution is 0.336. The predicted octanol–water partition coefficient (Wildman–Crippen LogP) is 8.76. The highest BCUT2D eigenvalue weighted by Crippen LogP contribution is 2.22. The Labute approximate surface area is 211 Å². The van der Waals surface area contributed by atoms with Gasteiger partial charge >= 0.3 is 0 Å². The van der Waals surface area contributed by atoms with Crippen LogP contribution in [-0.4, -0.2) is 25.3 Å². The van der Waals surface area contributed by atoms with Gasteiger partial charge in [-0.15, -0.1) is 0 Å². The molecule has 0 heterocycles. The summed E-state index contributed by atoms with van der Waals surface area (Å²) in [4.78, 5) is 0.388. The van der Waals surface area contributed by atoms with Crippen LogP contribution < -0.4 is 0 Å². The minimum Gasteiger partial charge on any atom is -0.207 e. The molecule has 0 amide bonds. The number of hydrogen-bond donors (Lipinski definition) is 0. The van der Waals surface area contributed by atoms with E-state index in [0.717, 1.165) is 50.5 Å². The van der Waals surface area contributed by atoms with Crippen molar-refractivity contribution in [2.24, 2.45) is 0 Å². The van der Waals surface area contributed by atoms with E-state index in [1.807, 2.05) is 19.1 Å². The fourth-order valence-electron chi connectivity index (χ4n) is 3.96. The second-order valence-corrected chi connectivity index (χ2v) is 11.9. The molecule has 4 heteroatoms. The summed E-state index contributed by atoms with van der Waals surface area (Å²) >= 11 is 0. The Hall–Kier alpha value is -1.65. The Kier molecular flexibility index (Phi) is 14.4. The van der Waals surface area contributed by atoms with Gasteiger partial charge in [-0.1, -0.05) is 85.3 Å². The van der Waals surface area contributed by atoms with Crippen LogP contribution in [0.1, 0.15) is 105 Å². The van der Waals surface area contributed by atoms with Crippen LogP contribution in [0, 0.1) is 6.92 Å². The van der Waals surface area contributed by atoms with Crippen LogP contribution in [0.25, 0.3) is 0 Å². The van der Waals surface area contributed by atoms with E-state index in [1.165, 1.54) is 29.6 Å². The maximum atomic E-state index is 13.5. The van der Waals surface area contributed by atoms with E-state index in [0.29, 0.717) is 11.4 Å². The van der Waals surface area contributed by atoms with Gasteiger partial charge in [-0.05, 0) is 85.8 Å². The standard InChI is InChI=1S/C30H49NO2S/c1-8-9-10-11-18-29(7)31(34(32,33)30-21-19-28(6)20-22-30)24-23-27(5)17-13-16-26(4)15-12-14-25(2)3/h14,16,19-23,29H,8-13,15,17-18,24H2,1-7H3/b26-16+,27-23+. The number of benzene rings is 1. The van der Waals surface area contributed by atoms with E-state index in [1.54, 1.807) is 16.4 Å². The molecular weight excluding hydrogens is 438 g/mol. The molecule has 1 aromatic carbocycles. The largest absolute Gasteiger partial charge is 0.243 e. The molecule has 0 fully saturated rings. The Morgan fingerprint density at radius 2 is 1.47 bits per heavy atom. The molecule has 1 aromatic rings. The topological polar surface area (TPSA) is 37.4 Å². The lowest BCUT2D eigenvalue weighted by atomic mass is 10.1. The van der Waals surface area contributed by atoms with E-state index < -0.39 is 10.0 Å². The summed E-state index contributed by atoms with van der Waals surface area (Å²) in [5, 5.41) is 0. The highest BCUT2D eigenvalue weighted by molar-refractivity contribution is 7.89. The van der Waals surface area contributed by atoms with Gasteiger partial charge in [0.2, 0.25) is 10.0 Å². The van der Waals surface area contributed by atoms with E-state index >= 15 is 0 Å². The molecule has 0 aromatic heterocycles. The smallest absolute Gasteiger partial charge is 0.207 e. The molecule has 0 radical (unpaired) electrons. The van der Waals surface area contributed by atoms with Crippen molar-refractivity contribution in [1.82, 2.24) is 4.31 Å². The fraction of sp³-hybridized carbons (Fsp3) is 0.600. The normalized spacial score (nSPS) is 13.9. The molecule has 0 bridgehead atoms. The van der Waals surface area contributed by atoms with E-state index in [2.05, 4.69) is 59.8 Å². The second-order valence-electron chi connectivity index (χ2n) is 10.0. The molecule has 1 unspecified atom stereocenters. The molecule has 1 atom stereocenters. The molecule has 0 aliphatic heterocycles. The van der Waals surface area contributed by atoms with Gasteiger partial charge in [0, 0.05) is 12.6 Å². The van der Waals surface area contributed by atoms with Crippen LogP contribution in [0.15, 0.2) is 64.1 Å². The SMILES string of the molecule is CCCCCCC(C)N(C/C=C(\C)CC/C=C(\C)CCC=C(C)C)S(=O)(=O)c1ccc(C)cc1. The van der Waals surface area contributed by atoms with Gasteiger partial charge in [0.05, 0.1) is 4.90 Å². The van der Waals surface area contributed by atoms with Gasteiger partial charge < -0.3 is 0 Å². The summed E-state index contributed by atoms with van der Waals surface area (Å²) < 4.78 is 28.7. The molecule has 1 rings (SSSR count). The minimum atomic E-state index is -3.54. The Balaban J connectivity index is 2.86. The summed E-state index contributed by atoms with van der Waals surface area (Å²) in [6, 6.07) is 7.21. The van der Waals surface area contributed by atoms with Gasteiger partial charge in [-0.2, -0.15) is 4.31 Å². The summed E-state index contributed by atoms with van der Waals surface area (Å²) in [5.74, 6) is 0. The van der Waals surface area contributed by atoms with Crippen LogP contribution in [0.3, 0.4) is 0 Å². The predicted molar refractivity (Wildman–Crippen MR) is 149 cm³/mol. The molecule has 0 aliphatic carbocycles. The van der Waals surface area contributed by atoms with Crippen molar-refractivity contribution in [3.05, 3.63) is 64.8 Å². The number of aryl methyl sites for hydroxylation is 1. The van der Waals surface area contributed by atoms with E-state index in [4.69, 9.17) is 0 Å². The average molecular weight is 488 g/mol. The van der Waals surface area contributed by atoms with E-state index in [-0.39, 0.29) is 6.04 Å². The molecule has 192 valence electrons. The van der Waals surface area contributed by atoms with Crippen LogP contribution in [0.2, 0.25) is 0 Å². The number of unbranched alkanes of at least 4 members (excludes halogenated alkanes) is 3. The lowest BCUT2D eigenvalue weighted by Gasteiger charge is -2.28. The van der Waals surface area contributed by atoms with Gasteiger partial charge in [0.25, 0.3) is 0 Å². The van der Waals surface area contributed by atoms with Gasteiger partial charge in [0.15, 0.2) is 0 Å². The van der Waals surface area contributed by atoms with E-state index in [9.17, 15) is 8.42 Å². The summed E-state index contributed by atoms with van der Waals surface area (Å²) in [5.41, 5.74) is 5.11. The van der Waals surface area contributed by atoms with Crippen molar-refractivity contribution in [1.29, 1.82) is 0 Å². The molecule has 34 heavy (non-hydrogen) atoms. The maximum absolute atomic E-state index is 13.5. The van der Waals surface area contributed by atoms with Crippen LogP contribution in [0.5, 0.6) is 0 Å². The minimum absolute atomic E-state index is 0.0237. The van der Waals surface area contributed by atoms with Crippen molar-refractivity contribution in [3.63, 3.8) is 0 Å². The monoisotopic (exact) mass is 487 g/mol. The molecule has 0 aliphatic rings. The van der Waals surface area contributed by atoms with Gasteiger partial charge in [0.1, 0.15) is 0 Å². The average Bonchev–Trinajstić information content (AvgIpc) is 2.76. The van der Waals surface area contributed by atoms with Crippen LogP contribution in [-0.2, 0) is 10.0 Å². The molecule has 0 N–H and O–H groups in total. The first-order chi connectivity index (χ1) is 16.1. The molecule has 0 saturated carbocycles. The van der Waals surface area contributed by atoms with Crippen molar-refractivity contribution in [2.45, 2.75) is 117 Å². The maximum Gasteiger partial charge on any atom is 0.243 e. The number of nitrogens with zero attached hydrogens (tertiary/aromatic N) is 1. The third kappa shape index (κ3) is 11.7. The summed E-state index contributed by atoms with van der Waals surface area (Å²) in [7, 11) is -3.54. The first-order valence-electron chi connectivity index (χ1n) is 13.1. The third-order valence-electron chi connectivity index (χ3n) is 6.34. The van der Waals surface area contributed by atoms with Crippen molar-refractivity contribution in [2.75, 3.05) is 6.54 Å². The number of hydrogen-bond acceptors (Lipinski definition) is 2.